The third-order valence-corrected chi connectivity index (χ3v) is 4.60. The minimum atomic E-state index is 0.702. The van der Waals surface area contributed by atoms with Crippen molar-refractivity contribution < 1.29 is 0 Å². The van der Waals surface area contributed by atoms with Gasteiger partial charge in [-0.1, -0.05) is 0 Å². The molecule has 0 atom stereocenters. The van der Waals surface area contributed by atoms with E-state index in [2.05, 4.69) is 45.5 Å². The third-order valence-electron chi connectivity index (χ3n) is 3.53. The van der Waals surface area contributed by atoms with E-state index in [0.29, 0.717) is 6.54 Å². The third kappa shape index (κ3) is 4.53. The molecule has 5 nitrogen and oxygen atoms in total. The number of aryl methyl sites for hydroxylation is 3. The van der Waals surface area contributed by atoms with Crippen molar-refractivity contribution in [3.8, 4) is 0 Å². The normalized spacial score (nSPS) is 11.5. The molecule has 0 fully saturated rings. The van der Waals surface area contributed by atoms with Crippen molar-refractivity contribution in [1.29, 1.82) is 0 Å². The van der Waals surface area contributed by atoms with E-state index in [1.807, 2.05) is 19.3 Å². The Labute approximate surface area is 135 Å². The van der Waals surface area contributed by atoms with Crippen LogP contribution in [0.1, 0.15) is 26.7 Å². The molecular formula is C16H23N5S. The van der Waals surface area contributed by atoms with Gasteiger partial charge in [0.05, 0.1) is 12.2 Å². The van der Waals surface area contributed by atoms with Crippen LogP contribution in [-0.2, 0) is 13.0 Å². The van der Waals surface area contributed by atoms with Crippen LogP contribution in [0.25, 0.3) is 0 Å². The molecule has 118 valence electrons. The van der Waals surface area contributed by atoms with Gasteiger partial charge in [0.2, 0.25) is 0 Å². The molecule has 0 radical (unpaired) electrons. The molecule has 0 spiro atoms. The molecule has 0 aliphatic heterocycles. The fraction of sp³-hybridized carbons (Fsp3) is 0.438. The Balaban J connectivity index is 1.79. The number of hydrogen-bond acceptors (Lipinski definition) is 4. The summed E-state index contributed by atoms with van der Waals surface area (Å²) in [4.78, 5) is 14.2. The summed E-state index contributed by atoms with van der Waals surface area (Å²) >= 11 is 1.73. The van der Waals surface area contributed by atoms with Crippen LogP contribution >= 0.6 is 11.3 Å². The van der Waals surface area contributed by atoms with E-state index in [1.165, 1.54) is 16.0 Å². The van der Waals surface area contributed by atoms with Crippen LogP contribution in [0.4, 0.5) is 0 Å². The SMILES string of the molecule is CN=C(NCCc1ccncc1C)NCc1nc(C)c(C)s1. The zero-order valence-corrected chi connectivity index (χ0v) is 14.4. The lowest BCUT2D eigenvalue weighted by molar-refractivity contribution is 0.788. The molecule has 0 unspecified atom stereocenters. The van der Waals surface area contributed by atoms with E-state index < -0.39 is 0 Å². The van der Waals surface area contributed by atoms with Gasteiger partial charge >= 0.3 is 0 Å². The molecule has 2 aromatic rings. The topological polar surface area (TPSA) is 62.2 Å². The van der Waals surface area contributed by atoms with E-state index in [-0.39, 0.29) is 0 Å². The lowest BCUT2D eigenvalue weighted by atomic mass is 10.1. The molecule has 22 heavy (non-hydrogen) atoms. The number of thiazole rings is 1. The monoisotopic (exact) mass is 317 g/mol. The number of guanidine groups is 1. The molecule has 2 rings (SSSR count). The molecule has 0 aromatic carbocycles. The minimum absolute atomic E-state index is 0.702. The van der Waals surface area contributed by atoms with Crippen molar-refractivity contribution in [1.82, 2.24) is 20.6 Å². The summed E-state index contributed by atoms with van der Waals surface area (Å²) < 4.78 is 0. The number of aromatic nitrogens is 2. The van der Waals surface area contributed by atoms with Gasteiger partial charge in [0.15, 0.2) is 5.96 Å². The first kappa shape index (κ1) is 16.4. The Morgan fingerprint density at radius 2 is 2.09 bits per heavy atom. The number of rotatable bonds is 5. The highest BCUT2D eigenvalue weighted by Gasteiger charge is 2.05. The van der Waals surface area contributed by atoms with Gasteiger partial charge in [-0.3, -0.25) is 9.98 Å². The second-order valence-corrected chi connectivity index (χ2v) is 6.44. The minimum Gasteiger partial charge on any atom is -0.356 e. The summed E-state index contributed by atoms with van der Waals surface area (Å²) in [5, 5.41) is 7.72. The summed E-state index contributed by atoms with van der Waals surface area (Å²) in [5.74, 6) is 0.803. The standard InChI is InChI=1S/C16H23N5S/c1-11-9-18-7-5-14(11)6-8-19-16(17-4)20-10-15-21-12(2)13(3)22-15/h5,7,9H,6,8,10H2,1-4H3,(H2,17,19,20). The number of hydrogen-bond donors (Lipinski definition) is 2. The quantitative estimate of drug-likeness (QED) is 0.656. The molecule has 2 aromatic heterocycles. The van der Waals surface area contributed by atoms with E-state index >= 15 is 0 Å². The fourth-order valence-electron chi connectivity index (χ4n) is 2.09. The second kappa shape index (κ2) is 7.89. The predicted molar refractivity (Wildman–Crippen MR) is 92.5 cm³/mol. The van der Waals surface area contributed by atoms with Crippen molar-refractivity contribution in [2.24, 2.45) is 4.99 Å². The Hall–Kier alpha value is -1.95. The van der Waals surface area contributed by atoms with Crippen LogP contribution in [0.15, 0.2) is 23.5 Å². The van der Waals surface area contributed by atoms with Gasteiger partial charge in [-0.05, 0) is 44.4 Å². The highest BCUT2D eigenvalue weighted by atomic mass is 32.1. The summed E-state index contributed by atoms with van der Waals surface area (Å²) in [6.45, 7) is 7.76. The average molecular weight is 317 g/mol. The number of nitrogens with zero attached hydrogens (tertiary/aromatic N) is 3. The first-order valence-electron chi connectivity index (χ1n) is 7.37. The molecular weight excluding hydrogens is 294 g/mol. The van der Waals surface area contributed by atoms with Gasteiger partial charge in [-0.2, -0.15) is 0 Å². The van der Waals surface area contributed by atoms with Crippen molar-refractivity contribution in [2.75, 3.05) is 13.6 Å². The molecule has 0 saturated heterocycles. The predicted octanol–water partition coefficient (Wildman–Crippen LogP) is 2.37. The largest absolute Gasteiger partial charge is 0.356 e. The van der Waals surface area contributed by atoms with E-state index in [0.717, 1.165) is 29.6 Å². The molecule has 2 N–H and O–H groups in total. The fourth-order valence-corrected chi connectivity index (χ4v) is 2.97. The maximum absolute atomic E-state index is 4.52. The Bertz CT molecular complexity index is 628. The van der Waals surface area contributed by atoms with Crippen molar-refractivity contribution >= 4 is 17.3 Å². The first-order valence-corrected chi connectivity index (χ1v) is 8.18. The maximum Gasteiger partial charge on any atom is 0.191 e. The molecule has 0 aliphatic rings. The molecule has 6 heteroatoms. The first-order chi connectivity index (χ1) is 10.6. The van der Waals surface area contributed by atoms with Crippen molar-refractivity contribution in [3.63, 3.8) is 0 Å². The van der Waals surface area contributed by atoms with Gasteiger partial charge in [0, 0.05) is 30.9 Å². The van der Waals surface area contributed by atoms with Gasteiger partial charge in [0.25, 0.3) is 0 Å². The molecule has 0 bridgehead atoms. The van der Waals surface area contributed by atoms with E-state index in [1.54, 1.807) is 18.4 Å². The number of aliphatic imine (C=N–C) groups is 1. The van der Waals surface area contributed by atoms with E-state index in [9.17, 15) is 0 Å². The van der Waals surface area contributed by atoms with Gasteiger partial charge in [-0.25, -0.2) is 4.98 Å². The van der Waals surface area contributed by atoms with Crippen LogP contribution in [0.3, 0.4) is 0 Å². The number of nitrogens with one attached hydrogen (secondary N) is 2. The molecule has 2 heterocycles. The summed E-state index contributed by atoms with van der Waals surface area (Å²) in [5.41, 5.74) is 3.64. The van der Waals surface area contributed by atoms with Crippen LogP contribution in [0, 0.1) is 20.8 Å². The maximum atomic E-state index is 4.52. The molecule has 0 saturated carbocycles. The summed E-state index contributed by atoms with van der Waals surface area (Å²) in [6.07, 6.45) is 4.68. The summed E-state index contributed by atoms with van der Waals surface area (Å²) in [6, 6.07) is 2.06. The van der Waals surface area contributed by atoms with Crippen molar-refractivity contribution in [3.05, 3.63) is 45.2 Å². The Morgan fingerprint density at radius 1 is 1.27 bits per heavy atom. The van der Waals surface area contributed by atoms with E-state index in [4.69, 9.17) is 0 Å². The second-order valence-electron chi connectivity index (χ2n) is 5.15. The lowest BCUT2D eigenvalue weighted by Gasteiger charge is -2.11. The average Bonchev–Trinajstić information content (AvgIpc) is 2.83. The van der Waals surface area contributed by atoms with Crippen LogP contribution in [0.5, 0.6) is 0 Å². The van der Waals surface area contributed by atoms with Crippen LogP contribution in [0.2, 0.25) is 0 Å². The summed E-state index contributed by atoms with van der Waals surface area (Å²) in [7, 11) is 1.78. The van der Waals surface area contributed by atoms with Crippen LogP contribution < -0.4 is 10.6 Å². The van der Waals surface area contributed by atoms with Gasteiger partial charge in [-0.15, -0.1) is 11.3 Å². The Kier molecular flexibility index (Phi) is 5.89. The van der Waals surface area contributed by atoms with Gasteiger partial charge < -0.3 is 10.6 Å². The smallest absolute Gasteiger partial charge is 0.191 e. The highest BCUT2D eigenvalue weighted by Crippen LogP contribution is 2.15. The Morgan fingerprint density at radius 3 is 2.73 bits per heavy atom. The zero-order valence-electron chi connectivity index (χ0n) is 13.6. The number of pyridine rings is 1. The molecule has 0 amide bonds. The molecule has 0 aliphatic carbocycles. The van der Waals surface area contributed by atoms with Crippen LogP contribution in [-0.4, -0.2) is 29.5 Å². The van der Waals surface area contributed by atoms with Gasteiger partial charge in [0.1, 0.15) is 5.01 Å². The zero-order chi connectivity index (χ0) is 15.9. The van der Waals surface area contributed by atoms with Crippen molar-refractivity contribution in [2.45, 2.75) is 33.7 Å². The highest BCUT2D eigenvalue weighted by molar-refractivity contribution is 7.11. The lowest BCUT2D eigenvalue weighted by Crippen LogP contribution is -2.37.